The molecular weight excluding hydrogens is 595 g/mol. The topological polar surface area (TPSA) is 99.8 Å². The molecule has 2 fully saturated rings. The molecule has 1 spiro atoms. The van der Waals surface area contributed by atoms with Crippen LogP contribution in [0.5, 0.6) is 0 Å². The fraction of sp³-hybridized carbons (Fsp3) is 0.447. The number of carbonyl (C=O) groups excluding carboxylic acids is 3. The molecule has 9 heteroatoms. The van der Waals surface area contributed by atoms with Gasteiger partial charge in [-0.2, -0.15) is 0 Å². The summed E-state index contributed by atoms with van der Waals surface area (Å²) in [4.78, 5) is 40.2. The van der Waals surface area contributed by atoms with E-state index in [4.69, 9.17) is 4.74 Å². The number of hydrogen-bond donors (Lipinski definition) is 3. The molecule has 8 nitrogen and oxygen atoms in total. The minimum absolute atomic E-state index is 0.173. The van der Waals surface area contributed by atoms with Gasteiger partial charge in [0.05, 0.1) is 0 Å². The molecule has 6 rings (SSSR count). The lowest BCUT2D eigenvalue weighted by molar-refractivity contribution is 0.0846. The van der Waals surface area contributed by atoms with Crippen molar-refractivity contribution in [2.24, 2.45) is 0 Å². The summed E-state index contributed by atoms with van der Waals surface area (Å²) in [5, 5.41) is 9.39. The van der Waals surface area contributed by atoms with Crippen LogP contribution in [-0.2, 0) is 19.7 Å². The quantitative estimate of drug-likeness (QED) is 0.310. The van der Waals surface area contributed by atoms with Crippen LogP contribution in [0, 0.1) is 6.92 Å². The minimum Gasteiger partial charge on any atom is -0.381 e. The van der Waals surface area contributed by atoms with Crippen molar-refractivity contribution >= 4 is 29.2 Å². The Kier molecular flexibility index (Phi) is 9.25. The van der Waals surface area contributed by atoms with Gasteiger partial charge in [-0.1, -0.05) is 6.07 Å². The third-order valence-electron chi connectivity index (χ3n) is 10.4. The fourth-order valence-electron chi connectivity index (χ4n) is 7.85. The Hall–Kier alpha value is -4.42. The van der Waals surface area contributed by atoms with Crippen molar-refractivity contribution in [1.82, 2.24) is 10.6 Å². The van der Waals surface area contributed by atoms with Gasteiger partial charge in [0.25, 0.3) is 5.91 Å². The first-order valence-corrected chi connectivity index (χ1v) is 16.7. The molecule has 1 aliphatic carbocycles. The monoisotopic (exact) mass is 638 g/mol. The molecule has 0 atom stereocenters. The van der Waals surface area contributed by atoms with Crippen LogP contribution >= 0.6 is 0 Å². The highest BCUT2D eigenvalue weighted by Crippen LogP contribution is 2.52. The molecule has 2 aromatic carbocycles. The number of dihydropyridines is 1. The molecule has 3 heterocycles. The summed E-state index contributed by atoms with van der Waals surface area (Å²) in [6.07, 6.45) is 4.75. The predicted molar refractivity (Wildman–Crippen MR) is 182 cm³/mol. The number of fused-ring (bicyclic) bond motifs is 2. The van der Waals surface area contributed by atoms with Crippen LogP contribution in [0.1, 0.15) is 80.8 Å². The summed E-state index contributed by atoms with van der Waals surface area (Å²) in [5.41, 5.74) is 8.70. The number of nitrogens with zero attached hydrogens (tertiary/aromatic N) is 1. The average Bonchev–Trinajstić information content (AvgIpc) is 3.38. The lowest BCUT2D eigenvalue weighted by atomic mass is 9.68. The average molecular weight is 639 g/mol. The highest BCUT2D eigenvalue weighted by Gasteiger charge is 2.47. The first-order valence-electron chi connectivity index (χ1n) is 16.7. The van der Waals surface area contributed by atoms with E-state index in [0.29, 0.717) is 61.4 Å². The van der Waals surface area contributed by atoms with E-state index in [0.717, 1.165) is 64.3 Å². The Morgan fingerprint density at radius 2 is 1.77 bits per heavy atom. The van der Waals surface area contributed by atoms with Crippen molar-refractivity contribution in [3.8, 4) is 11.1 Å². The number of halogens is 1. The van der Waals surface area contributed by atoms with Gasteiger partial charge < -0.3 is 25.6 Å². The molecule has 1 amide bonds. The van der Waals surface area contributed by atoms with E-state index in [9.17, 15) is 18.8 Å². The van der Waals surface area contributed by atoms with Crippen LogP contribution in [0.3, 0.4) is 0 Å². The molecular formula is C38H43FN4O4. The van der Waals surface area contributed by atoms with Gasteiger partial charge in [0.1, 0.15) is 23.5 Å². The third-order valence-corrected chi connectivity index (χ3v) is 10.4. The fourth-order valence-corrected chi connectivity index (χ4v) is 7.85. The number of hydrogen-bond acceptors (Lipinski definition) is 7. The van der Waals surface area contributed by atoms with Gasteiger partial charge in [-0.3, -0.25) is 4.79 Å². The summed E-state index contributed by atoms with van der Waals surface area (Å²) in [5.74, 6) is 3.87. The number of amides is 1. The number of benzene rings is 2. The van der Waals surface area contributed by atoms with E-state index < -0.39 is 11.6 Å². The largest absolute Gasteiger partial charge is 0.381 e. The molecule has 2 aromatic rings. The van der Waals surface area contributed by atoms with Crippen LogP contribution in [0.2, 0.25) is 0 Å². The molecule has 0 aromatic heterocycles. The Morgan fingerprint density at radius 1 is 1.02 bits per heavy atom. The van der Waals surface area contributed by atoms with Crippen LogP contribution in [0.25, 0.3) is 11.1 Å². The summed E-state index contributed by atoms with van der Waals surface area (Å²) in [7, 11) is 0. The second-order valence-corrected chi connectivity index (χ2v) is 13.2. The lowest BCUT2D eigenvalue weighted by Gasteiger charge is -2.37. The standard InChI is InChI=1S/C38H43FN4O4/c1-5-43(29-10-14-47-15-11-29)35-19-27(17-30(25(35)4)37(46)40-20-31-23(2)16-24(3)41-34(31)21-44)26-6-7-33-32(18-26)38(36(22-45)42-33)12-8-28(39)9-13-38/h6-7,16-19,28-29,41-42H,5,8-15,20H2,1-4H3,(H,40,46). The smallest absolute Gasteiger partial charge is 0.251 e. The molecule has 3 N–H and O–H groups in total. The van der Waals surface area contributed by atoms with E-state index in [1.807, 2.05) is 51.0 Å². The van der Waals surface area contributed by atoms with Gasteiger partial charge in [-0.25, -0.2) is 14.0 Å². The van der Waals surface area contributed by atoms with Gasteiger partial charge in [-0.05, 0) is 124 Å². The molecule has 0 unspecified atom stereocenters. The Labute approximate surface area is 275 Å². The van der Waals surface area contributed by atoms with Crippen molar-refractivity contribution in [1.29, 1.82) is 0 Å². The van der Waals surface area contributed by atoms with Crippen molar-refractivity contribution in [2.75, 3.05) is 36.5 Å². The Bertz CT molecular complexity index is 1750. The first kappa shape index (κ1) is 32.5. The molecule has 47 heavy (non-hydrogen) atoms. The van der Waals surface area contributed by atoms with E-state index in [-0.39, 0.29) is 18.5 Å². The van der Waals surface area contributed by atoms with E-state index in [1.165, 1.54) is 0 Å². The van der Waals surface area contributed by atoms with Crippen molar-refractivity contribution in [2.45, 2.75) is 83.8 Å². The van der Waals surface area contributed by atoms with Crippen molar-refractivity contribution < 1.29 is 23.5 Å². The molecule has 1 saturated carbocycles. The number of alkyl halides is 1. The molecule has 3 aliphatic heterocycles. The second kappa shape index (κ2) is 13.4. The van der Waals surface area contributed by atoms with Crippen molar-refractivity contribution in [3.05, 3.63) is 81.3 Å². The zero-order valence-corrected chi connectivity index (χ0v) is 27.6. The Balaban J connectivity index is 1.42. The number of nitrogens with one attached hydrogen (secondary N) is 3. The number of carbonyl (C=O) groups is 1. The second-order valence-electron chi connectivity index (χ2n) is 13.2. The number of ether oxygens (including phenoxy) is 1. The van der Waals surface area contributed by atoms with E-state index in [1.54, 1.807) is 0 Å². The summed E-state index contributed by atoms with van der Waals surface area (Å²) in [6, 6.07) is 10.4. The molecule has 4 aliphatic rings. The maximum absolute atomic E-state index is 14.3. The summed E-state index contributed by atoms with van der Waals surface area (Å²) in [6.45, 7) is 10.3. The lowest BCUT2D eigenvalue weighted by Crippen LogP contribution is -2.40. The third kappa shape index (κ3) is 6.07. The SMILES string of the molecule is CCN(c1cc(-c2ccc3c(c2)C2(CCC(F)CC2)C(=C=O)N3)cc(C(=O)NCC2=C(C)C=C(C)NC2=C=O)c1C)C1CCOCC1. The van der Waals surface area contributed by atoms with Crippen LogP contribution in [-0.4, -0.2) is 56.3 Å². The molecule has 246 valence electrons. The van der Waals surface area contributed by atoms with Gasteiger partial charge in [0.15, 0.2) is 5.94 Å². The van der Waals surface area contributed by atoms with Crippen LogP contribution in [0.4, 0.5) is 15.8 Å². The predicted octanol–water partition coefficient (Wildman–Crippen LogP) is 6.23. The summed E-state index contributed by atoms with van der Waals surface area (Å²) >= 11 is 0. The highest BCUT2D eigenvalue weighted by molar-refractivity contribution is 5.99. The zero-order valence-electron chi connectivity index (χ0n) is 27.6. The normalized spacial score (nSPS) is 22.6. The van der Waals surface area contributed by atoms with E-state index >= 15 is 0 Å². The van der Waals surface area contributed by atoms with Gasteiger partial charge in [-0.15, -0.1) is 0 Å². The maximum atomic E-state index is 14.3. The molecule has 1 saturated heterocycles. The van der Waals surface area contributed by atoms with Crippen molar-refractivity contribution in [3.63, 3.8) is 0 Å². The van der Waals surface area contributed by atoms with Gasteiger partial charge in [0.2, 0.25) is 0 Å². The molecule has 0 radical (unpaired) electrons. The Morgan fingerprint density at radius 3 is 2.45 bits per heavy atom. The number of allylic oxidation sites excluding steroid dienone is 4. The van der Waals surface area contributed by atoms with Crippen LogP contribution in [0.15, 0.2) is 64.6 Å². The molecule has 0 bridgehead atoms. The number of anilines is 2. The highest BCUT2D eigenvalue weighted by atomic mass is 19.1. The van der Waals surface area contributed by atoms with Gasteiger partial charge >= 0.3 is 0 Å². The zero-order chi connectivity index (χ0) is 33.3. The minimum atomic E-state index is -0.867. The number of rotatable bonds is 7. The summed E-state index contributed by atoms with van der Waals surface area (Å²) < 4.78 is 20.0. The van der Waals surface area contributed by atoms with Crippen LogP contribution < -0.4 is 20.9 Å². The maximum Gasteiger partial charge on any atom is 0.251 e. The van der Waals surface area contributed by atoms with E-state index in [2.05, 4.69) is 45.8 Å². The van der Waals surface area contributed by atoms with Gasteiger partial charge in [0, 0.05) is 66.0 Å². The first-order chi connectivity index (χ1) is 22.7.